The summed E-state index contributed by atoms with van der Waals surface area (Å²) in [6.45, 7) is 1.40. The van der Waals surface area contributed by atoms with Crippen LogP contribution < -0.4 is 10.9 Å². The van der Waals surface area contributed by atoms with Crippen LogP contribution in [0.15, 0.2) is 23.0 Å². The zero-order valence-electron chi connectivity index (χ0n) is 12.3. The predicted molar refractivity (Wildman–Crippen MR) is 89.4 cm³/mol. The fourth-order valence-electron chi connectivity index (χ4n) is 2.41. The van der Waals surface area contributed by atoms with Crippen LogP contribution in [0, 0.1) is 0 Å². The highest BCUT2D eigenvalue weighted by Gasteiger charge is 2.15. The lowest BCUT2D eigenvalue weighted by Crippen LogP contribution is -2.24. The molecule has 23 heavy (non-hydrogen) atoms. The topological polar surface area (TPSA) is 79.9 Å². The minimum atomic E-state index is -0.277. The van der Waals surface area contributed by atoms with Crippen LogP contribution in [0.4, 0.5) is 5.95 Å². The summed E-state index contributed by atoms with van der Waals surface area (Å²) in [5.74, 6) is 0.350. The Labute approximate surface area is 143 Å². The van der Waals surface area contributed by atoms with E-state index in [1.165, 1.54) is 0 Å². The fraction of sp³-hybridized carbons (Fsp3) is 0.400. The largest absolute Gasteiger partial charge is 0.376 e. The van der Waals surface area contributed by atoms with Gasteiger partial charge < -0.3 is 10.1 Å². The average molecular weight is 355 g/mol. The molecule has 3 rings (SSSR count). The number of benzene rings is 1. The van der Waals surface area contributed by atoms with E-state index in [-0.39, 0.29) is 11.7 Å². The number of aromatic nitrogens is 3. The summed E-state index contributed by atoms with van der Waals surface area (Å²) in [4.78, 5) is 14.8. The molecule has 6 nitrogen and oxygen atoms in total. The Hall–Kier alpha value is -1.63. The minimum Gasteiger partial charge on any atom is -0.376 e. The summed E-state index contributed by atoms with van der Waals surface area (Å²) in [6, 6.07) is 5.21. The van der Waals surface area contributed by atoms with Crippen molar-refractivity contribution in [3.05, 3.63) is 49.9 Å². The molecule has 1 saturated heterocycles. The molecule has 1 aliphatic heterocycles. The van der Waals surface area contributed by atoms with Crippen LogP contribution in [0.3, 0.4) is 0 Å². The maximum atomic E-state index is 12.1. The third kappa shape index (κ3) is 4.22. The van der Waals surface area contributed by atoms with Crippen molar-refractivity contribution in [1.82, 2.24) is 15.2 Å². The summed E-state index contributed by atoms with van der Waals surface area (Å²) in [5.41, 5.74) is 0.895. The van der Waals surface area contributed by atoms with Gasteiger partial charge in [-0.3, -0.25) is 9.78 Å². The SMILES string of the molecule is O=c1[nH]c(NC[C@@H]2CCCO2)nnc1Cc1ccc(Cl)c(Cl)c1. The van der Waals surface area contributed by atoms with E-state index in [4.69, 9.17) is 27.9 Å². The van der Waals surface area contributed by atoms with E-state index >= 15 is 0 Å². The molecule has 0 saturated carbocycles. The first-order chi connectivity index (χ1) is 11.1. The van der Waals surface area contributed by atoms with Gasteiger partial charge >= 0.3 is 0 Å². The quantitative estimate of drug-likeness (QED) is 0.862. The Bertz CT molecular complexity index is 744. The molecule has 2 N–H and O–H groups in total. The molecule has 0 unspecified atom stereocenters. The third-order valence-corrected chi connectivity index (χ3v) is 4.38. The van der Waals surface area contributed by atoms with Gasteiger partial charge in [0.05, 0.1) is 16.1 Å². The molecule has 0 amide bonds. The van der Waals surface area contributed by atoms with Gasteiger partial charge in [0, 0.05) is 19.6 Å². The van der Waals surface area contributed by atoms with Crippen molar-refractivity contribution >= 4 is 29.2 Å². The molecule has 1 aliphatic rings. The van der Waals surface area contributed by atoms with Crippen molar-refractivity contribution in [3.8, 4) is 0 Å². The zero-order valence-corrected chi connectivity index (χ0v) is 13.8. The molecule has 8 heteroatoms. The first-order valence-electron chi connectivity index (χ1n) is 7.37. The molecule has 1 aromatic carbocycles. The summed E-state index contributed by atoms with van der Waals surface area (Å²) >= 11 is 11.9. The second kappa shape index (κ2) is 7.29. The van der Waals surface area contributed by atoms with Gasteiger partial charge in [-0.25, -0.2) is 0 Å². The molecular formula is C15H16Cl2N4O2. The van der Waals surface area contributed by atoms with Gasteiger partial charge in [0.1, 0.15) is 5.69 Å². The van der Waals surface area contributed by atoms with Crippen molar-refractivity contribution in [1.29, 1.82) is 0 Å². The van der Waals surface area contributed by atoms with Gasteiger partial charge in [-0.2, -0.15) is 0 Å². The van der Waals surface area contributed by atoms with Crippen molar-refractivity contribution in [2.45, 2.75) is 25.4 Å². The van der Waals surface area contributed by atoms with E-state index in [2.05, 4.69) is 20.5 Å². The number of halogens is 2. The van der Waals surface area contributed by atoms with Crippen molar-refractivity contribution in [2.24, 2.45) is 0 Å². The lowest BCUT2D eigenvalue weighted by atomic mass is 10.1. The number of anilines is 1. The van der Waals surface area contributed by atoms with Gasteiger partial charge in [0.2, 0.25) is 5.95 Å². The number of H-pyrrole nitrogens is 1. The number of hydrogen-bond acceptors (Lipinski definition) is 5. The van der Waals surface area contributed by atoms with E-state index < -0.39 is 0 Å². The Kier molecular flexibility index (Phi) is 5.15. The molecule has 1 fully saturated rings. The van der Waals surface area contributed by atoms with Crippen LogP contribution >= 0.6 is 23.2 Å². The normalized spacial score (nSPS) is 17.4. The number of nitrogens with one attached hydrogen (secondary N) is 2. The van der Waals surface area contributed by atoms with Gasteiger partial charge in [0.25, 0.3) is 5.56 Å². The highest BCUT2D eigenvalue weighted by molar-refractivity contribution is 6.42. The molecule has 1 aromatic heterocycles. The van der Waals surface area contributed by atoms with Crippen LogP contribution in [-0.2, 0) is 11.2 Å². The van der Waals surface area contributed by atoms with Gasteiger partial charge in [0.15, 0.2) is 0 Å². The number of aromatic amines is 1. The van der Waals surface area contributed by atoms with E-state index in [1.807, 2.05) is 0 Å². The van der Waals surface area contributed by atoms with E-state index in [0.29, 0.717) is 34.7 Å². The predicted octanol–water partition coefficient (Wildman–Crippen LogP) is 2.65. The molecule has 2 heterocycles. The Morgan fingerprint density at radius 1 is 1.30 bits per heavy atom. The number of ether oxygens (including phenoxy) is 1. The lowest BCUT2D eigenvalue weighted by molar-refractivity contribution is 0.120. The van der Waals surface area contributed by atoms with Crippen LogP contribution in [0.25, 0.3) is 0 Å². The fourth-order valence-corrected chi connectivity index (χ4v) is 2.74. The Morgan fingerprint density at radius 2 is 2.17 bits per heavy atom. The molecular weight excluding hydrogens is 339 g/mol. The summed E-state index contributed by atoms with van der Waals surface area (Å²) < 4.78 is 5.50. The molecule has 0 aliphatic carbocycles. The first kappa shape index (κ1) is 16.2. The van der Waals surface area contributed by atoms with Crippen molar-refractivity contribution < 1.29 is 4.74 Å². The smallest absolute Gasteiger partial charge is 0.274 e. The highest BCUT2D eigenvalue weighted by Crippen LogP contribution is 2.23. The van der Waals surface area contributed by atoms with Gasteiger partial charge in [-0.15, -0.1) is 10.2 Å². The zero-order chi connectivity index (χ0) is 16.2. The summed E-state index contributed by atoms with van der Waals surface area (Å²) in [7, 11) is 0. The first-order valence-corrected chi connectivity index (χ1v) is 8.12. The minimum absolute atomic E-state index is 0.163. The number of nitrogens with zero attached hydrogens (tertiary/aromatic N) is 2. The molecule has 2 aromatic rings. The molecule has 1 atom stereocenters. The standard InChI is InChI=1S/C15H16Cl2N4O2/c16-11-4-3-9(6-12(11)17)7-13-14(22)19-15(21-20-13)18-8-10-2-1-5-23-10/h3-4,6,10H,1-2,5,7-8H2,(H2,18,19,21,22)/t10-/m0/s1. The van der Waals surface area contributed by atoms with Crippen LogP contribution in [0.2, 0.25) is 10.0 Å². The Balaban J connectivity index is 1.66. The number of hydrogen-bond donors (Lipinski definition) is 2. The molecule has 0 radical (unpaired) electrons. The maximum Gasteiger partial charge on any atom is 0.274 e. The lowest BCUT2D eigenvalue weighted by Gasteiger charge is -2.10. The maximum absolute atomic E-state index is 12.1. The van der Waals surface area contributed by atoms with Crippen LogP contribution in [0.5, 0.6) is 0 Å². The average Bonchev–Trinajstić information content (AvgIpc) is 3.05. The van der Waals surface area contributed by atoms with Gasteiger partial charge in [-0.1, -0.05) is 29.3 Å². The monoisotopic (exact) mass is 354 g/mol. The number of rotatable bonds is 5. The second-order valence-corrected chi connectivity index (χ2v) is 6.20. The third-order valence-electron chi connectivity index (χ3n) is 3.64. The van der Waals surface area contributed by atoms with Gasteiger partial charge in [-0.05, 0) is 30.5 Å². The van der Waals surface area contributed by atoms with Crippen LogP contribution in [-0.4, -0.2) is 34.4 Å². The van der Waals surface area contributed by atoms with E-state index in [1.54, 1.807) is 18.2 Å². The molecule has 122 valence electrons. The summed E-state index contributed by atoms with van der Waals surface area (Å²) in [6.07, 6.45) is 2.58. The molecule has 0 spiro atoms. The highest BCUT2D eigenvalue weighted by atomic mass is 35.5. The van der Waals surface area contributed by atoms with Crippen molar-refractivity contribution in [3.63, 3.8) is 0 Å². The Morgan fingerprint density at radius 3 is 2.87 bits per heavy atom. The van der Waals surface area contributed by atoms with Crippen molar-refractivity contribution in [2.75, 3.05) is 18.5 Å². The second-order valence-electron chi connectivity index (χ2n) is 5.39. The summed E-state index contributed by atoms with van der Waals surface area (Å²) in [5, 5.41) is 12.0. The van der Waals surface area contributed by atoms with E-state index in [9.17, 15) is 4.79 Å². The van der Waals surface area contributed by atoms with Crippen LogP contribution in [0.1, 0.15) is 24.1 Å². The van der Waals surface area contributed by atoms with E-state index in [0.717, 1.165) is 25.0 Å². The molecule has 0 bridgehead atoms.